The molecule has 0 saturated carbocycles. The van der Waals surface area contributed by atoms with E-state index in [0.717, 1.165) is 6.42 Å². The van der Waals surface area contributed by atoms with Gasteiger partial charge < -0.3 is 9.84 Å². The molecule has 3 atom stereocenters. The van der Waals surface area contributed by atoms with Gasteiger partial charge in [0, 0.05) is 0 Å². The summed E-state index contributed by atoms with van der Waals surface area (Å²) in [6, 6.07) is 0. The predicted molar refractivity (Wildman–Crippen MR) is 44.3 cm³/mol. The molecule has 0 aliphatic carbocycles. The molecule has 1 heterocycles. The fourth-order valence-corrected chi connectivity index (χ4v) is 1.36. The van der Waals surface area contributed by atoms with Crippen molar-refractivity contribution in [3.05, 3.63) is 12.2 Å². The molecule has 0 amide bonds. The zero-order valence-electron chi connectivity index (χ0n) is 7.16. The summed E-state index contributed by atoms with van der Waals surface area (Å²) >= 11 is 0. The largest absolute Gasteiger partial charge is 0.392 e. The molecule has 0 spiro atoms. The lowest BCUT2D eigenvalue weighted by Crippen LogP contribution is -2.07. The Morgan fingerprint density at radius 3 is 2.73 bits per heavy atom. The van der Waals surface area contributed by atoms with Crippen LogP contribution in [0.5, 0.6) is 0 Å². The Morgan fingerprint density at radius 1 is 1.55 bits per heavy atom. The molecule has 2 nitrogen and oxygen atoms in total. The summed E-state index contributed by atoms with van der Waals surface area (Å²) in [4.78, 5) is 0. The Hall–Kier alpha value is -0.340. The predicted octanol–water partition coefficient (Wildman–Crippen LogP) is 1.35. The summed E-state index contributed by atoms with van der Waals surface area (Å²) in [6.07, 6.45) is 5.36. The highest BCUT2D eigenvalue weighted by Gasteiger charge is 2.26. The van der Waals surface area contributed by atoms with Gasteiger partial charge in [-0.15, -0.1) is 0 Å². The minimum atomic E-state index is 0.114. The van der Waals surface area contributed by atoms with E-state index in [1.54, 1.807) is 6.08 Å². The molecule has 1 fully saturated rings. The van der Waals surface area contributed by atoms with Crippen LogP contribution in [0, 0.1) is 5.92 Å². The van der Waals surface area contributed by atoms with E-state index < -0.39 is 0 Å². The van der Waals surface area contributed by atoms with Crippen LogP contribution in [-0.2, 0) is 4.74 Å². The van der Waals surface area contributed by atoms with Crippen LogP contribution in [0.15, 0.2) is 12.2 Å². The van der Waals surface area contributed by atoms with E-state index in [0.29, 0.717) is 12.0 Å². The van der Waals surface area contributed by atoms with Crippen LogP contribution in [0.1, 0.15) is 20.3 Å². The quantitative estimate of drug-likeness (QED) is 0.611. The van der Waals surface area contributed by atoms with Crippen molar-refractivity contribution in [3.63, 3.8) is 0 Å². The molecule has 0 aromatic rings. The van der Waals surface area contributed by atoms with E-state index in [9.17, 15) is 0 Å². The Bertz CT molecular complexity index is 132. The van der Waals surface area contributed by atoms with E-state index >= 15 is 0 Å². The van der Waals surface area contributed by atoms with Gasteiger partial charge in [0.2, 0.25) is 0 Å². The number of aliphatic hydroxyl groups excluding tert-OH is 1. The highest BCUT2D eigenvalue weighted by atomic mass is 16.5. The van der Waals surface area contributed by atoms with Gasteiger partial charge in [-0.2, -0.15) is 0 Å². The number of hydrogen-bond acceptors (Lipinski definition) is 2. The van der Waals surface area contributed by atoms with Gasteiger partial charge in [-0.3, -0.25) is 0 Å². The average molecular weight is 156 g/mol. The third-order valence-electron chi connectivity index (χ3n) is 2.25. The summed E-state index contributed by atoms with van der Waals surface area (Å²) in [5.41, 5.74) is 0. The van der Waals surface area contributed by atoms with Crippen molar-refractivity contribution in [3.8, 4) is 0 Å². The third kappa shape index (κ3) is 2.31. The van der Waals surface area contributed by atoms with Crippen molar-refractivity contribution in [2.75, 3.05) is 6.61 Å². The molecule has 0 bridgehead atoms. The van der Waals surface area contributed by atoms with Gasteiger partial charge in [0.25, 0.3) is 0 Å². The maximum Gasteiger partial charge on any atom is 0.0763 e. The van der Waals surface area contributed by atoms with Gasteiger partial charge in [-0.05, 0) is 19.3 Å². The second-order valence-electron chi connectivity index (χ2n) is 3.20. The molecule has 1 rings (SSSR count). The van der Waals surface area contributed by atoms with Gasteiger partial charge in [-0.25, -0.2) is 0 Å². The first kappa shape index (κ1) is 8.75. The SMILES string of the molecule is CC1C[C@@H](C=CCO)O[C@H]1C. The van der Waals surface area contributed by atoms with Crippen LogP contribution in [0.4, 0.5) is 0 Å². The molecule has 1 unspecified atom stereocenters. The highest BCUT2D eigenvalue weighted by molar-refractivity contribution is 4.94. The molecule has 2 heteroatoms. The van der Waals surface area contributed by atoms with Crippen molar-refractivity contribution in [2.45, 2.75) is 32.5 Å². The molecule has 0 radical (unpaired) electrons. The average Bonchev–Trinajstić information content (AvgIpc) is 2.28. The maximum absolute atomic E-state index is 8.52. The molecule has 1 aliphatic rings. The fourth-order valence-electron chi connectivity index (χ4n) is 1.36. The fraction of sp³-hybridized carbons (Fsp3) is 0.778. The Labute approximate surface area is 67.9 Å². The maximum atomic E-state index is 8.52. The number of rotatable bonds is 2. The number of ether oxygens (including phenoxy) is 1. The second kappa shape index (κ2) is 3.88. The molecule has 0 aromatic carbocycles. The summed E-state index contributed by atoms with van der Waals surface area (Å²) in [5.74, 6) is 0.642. The van der Waals surface area contributed by atoms with Crippen LogP contribution < -0.4 is 0 Å². The number of hydrogen-bond donors (Lipinski definition) is 1. The molecule has 1 saturated heterocycles. The van der Waals surface area contributed by atoms with E-state index in [4.69, 9.17) is 9.84 Å². The highest BCUT2D eigenvalue weighted by Crippen LogP contribution is 2.25. The number of aliphatic hydroxyl groups is 1. The Morgan fingerprint density at radius 2 is 2.27 bits per heavy atom. The first-order valence-electron chi connectivity index (χ1n) is 4.17. The lowest BCUT2D eigenvalue weighted by atomic mass is 10.0. The summed E-state index contributed by atoms with van der Waals surface area (Å²) in [5, 5.41) is 8.52. The third-order valence-corrected chi connectivity index (χ3v) is 2.25. The van der Waals surface area contributed by atoms with Crippen LogP contribution in [0.2, 0.25) is 0 Å². The summed E-state index contributed by atoms with van der Waals surface area (Å²) < 4.78 is 5.58. The second-order valence-corrected chi connectivity index (χ2v) is 3.20. The van der Waals surface area contributed by atoms with Crippen molar-refractivity contribution in [2.24, 2.45) is 5.92 Å². The molecular formula is C9H16O2. The zero-order valence-corrected chi connectivity index (χ0v) is 7.16. The summed E-state index contributed by atoms with van der Waals surface area (Å²) in [6.45, 7) is 4.40. The molecule has 1 aliphatic heterocycles. The Kier molecular flexibility index (Phi) is 3.09. The molecule has 11 heavy (non-hydrogen) atoms. The van der Waals surface area contributed by atoms with Gasteiger partial charge in [0.05, 0.1) is 18.8 Å². The van der Waals surface area contributed by atoms with Crippen molar-refractivity contribution in [1.82, 2.24) is 0 Å². The van der Waals surface area contributed by atoms with Gasteiger partial charge in [0.15, 0.2) is 0 Å². The van der Waals surface area contributed by atoms with Crippen LogP contribution in [0.3, 0.4) is 0 Å². The first-order valence-corrected chi connectivity index (χ1v) is 4.17. The van der Waals surface area contributed by atoms with Crippen LogP contribution >= 0.6 is 0 Å². The zero-order chi connectivity index (χ0) is 8.27. The molecule has 1 N–H and O–H groups in total. The van der Waals surface area contributed by atoms with Gasteiger partial charge in [-0.1, -0.05) is 19.1 Å². The van der Waals surface area contributed by atoms with Gasteiger partial charge >= 0.3 is 0 Å². The lowest BCUT2D eigenvalue weighted by Gasteiger charge is -2.06. The summed E-state index contributed by atoms with van der Waals surface area (Å²) in [7, 11) is 0. The first-order chi connectivity index (χ1) is 5.24. The molecular weight excluding hydrogens is 140 g/mol. The molecule has 0 aromatic heterocycles. The van der Waals surface area contributed by atoms with E-state index in [-0.39, 0.29) is 12.7 Å². The van der Waals surface area contributed by atoms with Crippen LogP contribution in [0.25, 0.3) is 0 Å². The molecule has 64 valence electrons. The van der Waals surface area contributed by atoms with E-state index in [1.165, 1.54) is 0 Å². The van der Waals surface area contributed by atoms with Crippen molar-refractivity contribution >= 4 is 0 Å². The monoisotopic (exact) mass is 156 g/mol. The van der Waals surface area contributed by atoms with Crippen molar-refractivity contribution < 1.29 is 9.84 Å². The lowest BCUT2D eigenvalue weighted by molar-refractivity contribution is 0.0721. The smallest absolute Gasteiger partial charge is 0.0763 e. The van der Waals surface area contributed by atoms with Crippen LogP contribution in [-0.4, -0.2) is 23.9 Å². The topological polar surface area (TPSA) is 29.5 Å². The normalized spacial score (nSPS) is 38.6. The standard InChI is InChI=1S/C9H16O2/c1-7-6-9(4-3-5-10)11-8(7)2/h3-4,7-10H,5-6H2,1-2H3/t7?,8-,9+/m0/s1. The van der Waals surface area contributed by atoms with Crippen molar-refractivity contribution in [1.29, 1.82) is 0 Å². The minimum absolute atomic E-state index is 0.114. The minimum Gasteiger partial charge on any atom is -0.392 e. The Balaban J connectivity index is 2.35. The van der Waals surface area contributed by atoms with Gasteiger partial charge in [0.1, 0.15) is 0 Å². The van der Waals surface area contributed by atoms with E-state index in [2.05, 4.69) is 13.8 Å². The van der Waals surface area contributed by atoms with E-state index in [1.807, 2.05) is 6.08 Å².